The number of methoxy groups -OCH3 is 1. The van der Waals surface area contributed by atoms with Crippen LogP contribution in [0, 0.1) is 0 Å². The zero-order valence-electron chi connectivity index (χ0n) is 19.3. The third-order valence-electron chi connectivity index (χ3n) is 5.13. The molecule has 174 valence electrons. The number of rotatable bonds is 11. The summed E-state index contributed by atoms with van der Waals surface area (Å²) in [4.78, 5) is 25.6. The summed E-state index contributed by atoms with van der Waals surface area (Å²) in [6.07, 6.45) is 5.24. The van der Waals surface area contributed by atoms with Crippen LogP contribution in [0.4, 0.5) is 0 Å². The predicted molar refractivity (Wildman–Crippen MR) is 129 cm³/mol. The van der Waals surface area contributed by atoms with Gasteiger partial charge in [0.25, 0.3) is 11.5 Å². The first-order chi connectivity index (χ1) is 16.1. The zero-order valence-corrected chi connectivity index (χ0v) is 19.3. The van der Waals surface area contributed by atoms with Gasteiger partial charge in [-0.15, -0.1) is 0 Å². The highest BCUT2D eigenvalue weighted by Gasteiger charge is 2.16. The molecule has 8 heteroatoms. The van der Waals surface area contributed by atoms with Gasteiger partial charge in [-0.3, -0.25) is 9.59 Å². The number of carbonyl (C=O) groups is 1. The van der Waals surface area contributed by atoms with Crippen LogP contribution in [0.1, 0.15) is 55.6 Å². The van der Waals surface area contributed by atoms with Crippen molar-refractivity contribution in [3.05, 3.63) is 64.1 Å². The van der Waals surface area contributed by atoms with Gasteiger partial charge in [-0.1, -0.05) is 44.9 Å². The van der Waals surface area contributed by atoms with E-state index in [1.54, 1.807) is 37.4 Å². The third kappa shape index (κ3) is 5.97. The lowest BCUT2D eigenvalue weighted by Gasteiger charge is -2.11. The number of nitrogens with one attached hydrogen (secondary N) is 1. The number of hydrazone groups is 1. The van der Waals surface area contributed by atoms with E-state index in [9.17, 15) is 9.59 Å². The van der Waals surface area contributed by atoms with Crippen molar-refractivity contribution in [1.82, 2.24) is 15.2 Å². The second kappa shape index (κ2) is 11.8. The molecule has 33 heavy (non-hydrogen) atoms. The lowest BCUT2D eigenvalue weighted by atomic mass is 10.1. The largest absolute Gasteiger partial charge is 0.493 e. The summed E-state index contributed by atoms with van der Waals surface area (Å²) in [7, 11) is 1.58. The van der Waals surface area contributed by atoms with Gasteiger partial charge in [-0.25, -0.2) is 10.1 Å². The molecule has 2 aromatic carbocycles. The summed E-state index contributed by atoms with van der Waals surface area (Å²) >= 11 is 0. The summed E-state index contributed by atoms with van der Waals surface area (Å²) in [6, 6.07) is 12.4. The maximum absolute atomic E-state index is 12.9. The van der Waals surface area contributed by atoms with Crippen LogP contribution in [0.25, 0.3) is 10.8 Å². The van der Waals surface area contributed by atoms with E-state index < -0.39 is 5.91 Å². The molecule has 0 aliphatic heterocycles. The Morgan fingerprint density at radius 3 is 2.58 bits per heavy atom. The molecule has 0 atom stereocenters. The van der Waals surface area contributed by atoms with Crippen molar-refractivity contribution in [2.45, 2.75) is 46.1 Å². The minimum absolute atomic E-state index is 0.163. The van der Waals surface area contributed by atoms with Gasteiger partial charge >= 0.3 is 0 Å². The van der Waals surface area contributed by atoms with Crippen molar-refractivity contribution in [2.75, 3.05) is 13.7 Å². The Hall–Kier alpha value is -3.68. The van der Waals surface area contributed by atoms with E-state index in [1.165, 1.54) is 10.9 Å². The van der Waals surface area contributed by atoms with Crippen molar-refractivity contribution in [2.24, 2.45) is 5.10 Å². The van der Waals surface area contributed by atoms with Crippen molar-refractivity contribution in [3.63, 3.8) is 0 Å². The number of hydrogen-bond acceptors (Lipinski definition) is 6. The molecule has 1 N–H and O–H groups in total. The van der Waals surface area contributed by atoms with Gasteiger partial charge in [-0.05, 0) is 42.7 Å². The van der Waals surface area contributed by atoms with Crippen molar-refractivity contribution >= 4 is 22.9 Å². The first kappa shape index (κ1) is 24.0. The van der Waals surface area contributed by atoms with Crippen LogP contribution in [0.15, 0.2) is 52.4 Å². The van der Waals surface area contributed by atoms with Gasteiger partial charge in [0.15, 0.2) is 17.2 Å². The Balaban J connectivity index is 1.79. The summed E-state index contributed by atoms with van der Waals surface area (Å²) in [5.41, 5.74) is 3.21. The third-order valence-corrected chi connectivity index (χ3v) is 5.13. The topological polar surface area (TPSA) is 94.8 Å². The fraction of sp³-hybridized carbons (Fsp3) is 0.360. The molecular formula is C25H30N4O4. The minimum Gasteiger partial charge on any atom is -0.493 e. The molecule has 0 radical (unpaired) electrons. The summed E-state index contributed by atoms with van der Waals surface area (Å²) < 4.78 is 12.5. The Bertz CT molecular complexity index is 1190. The number of aryl methyl sites for hydroxylation is 1. The Morgan fingerprint density at radius 1 is 1.09 bits per heavy atom. The van der Waals surface area contributed by atoms with Crippen molar-refractivity contribution < 1.29 is 14.3 Å². The zero-order chi connectivity index (χ0) is 23.6. The van der Waals surface area contributed by atoms with Crippen LogP contribution in [0.3, 0.4) is 0 Å². The maximum Gasteiger partial charge on any atom is 0.292 e. The number of hydrogen-bond donors (Lipinski definition) is 1. The van der Waals surface area contributed by atoms with Gasteiger partial charge in [0.05, 0.1) is 25.3 Å². The molecule has 0 unspecified atom stereocenters. The molecule has 0 aliphatic rings. The normalized spacial score (nSPS) is 11.1. The highest BCUT2D eigenvalue weighted by Crippen LogP contribution is 2.27. The number of aromatic nitrogens is 2. The Kier molecular flexibility index (Phi) is 8.57. The lowest BCUT2D eigenvalue weighted by molar-refractivity contribution is 0.0949. The molecule has 1 heterocycles. The SMILES string of the molecule is CCCCOc1ccc(/C=N/NC(=O)c2nn(CCCC)c(=O)c3ccccc23)cc1OC. The minimum atomic E-state index is -0.487. The van der Waals surface area contributed by atoms with Gasteiger partial charge in [0.2, 0.25) is 0 Å². The summed E-state index contributed by atoms with van der Waals surface area (Å²) in [5.74, 6) is 0.772. The molecule has 0 saturated carbocycles. The first-order valence-electron chi connectivity index (χ1n) is 11.2. The number of carbonyl (C=O) groups excluding carboxylic acids is 1. The second-order valence-corrected chi connectivity index (χ2v) is 7.59. The smallest absolute Gasteiger partial charge is 0.292 e. The van der Waals surface area contributed by atoms with E-state index in [4.69, 9.17) is 9.47 Å². The number of amides is 1. The van der Waals surface area contributed by atoms with E-state index >= 15 is 0 Å². The van der Waals surface area contributed by atoms with Gasteiger partial charge < -0.3 is 9.47 Å². The average molecular weight is 451 g/mol. The van der Waals surface area contributed by atoms with E-state index in [1.807, 2.05) is 19.1 Å². The second-order valence-electron chi connectivity index (χ2n) is 7.59. The number of nitrogens with zero attached hydrogens (tertiary/aromatic N) is 3. The molecule has 1 aromatic heterocycles. The van der Waals surface area contributed by atoms with Crippen LogP contribution >= 0.6 is 0 Å². The highest BCUT2D eigenvalue weighted by atomic mass is 16.5. The lowest BCUT2D eigenvalue weighted by Crippen LogP contribution is -2.29. The maximum atomic E-state index is 12.9. The van der Waals surface area contributed by atoms with Crippen LogP contribution in [0.5, 0.6) is 11.5 Å². The Morgan fingerprint density at radius 2 is 1.85 bits per heavy atom. The van der Waals surface area contributed by atoms with Crippen LogP contribution in [0.2, 0.25) is 0 Å². The van der Waals surface area contributed by atoms with Crippen molar-refractivity contribution in [3.8, 4) is 11.5 Å². The van der Waals surface area contributed by atoms with Gasteiger partial charge in [0.1, 0.15) is 0 Å². The van der Waals surface area contributed by atoms with E-state index in [0.29, 0.717) is 35.4 Å². The molecule has 0 aliphatic carbocycles. The summed E-state index contributed by atoms with van der Waals surface area (Å²) in [6.45, 7) is 5.22. The Labute approximate surface area is 193 Å². The van der Waals surface area contributed by atoms with Crippen LogP contribution in [-0.4, -0.2) is 35.6 Å². The fourth-order valence-corrected chi connectivity index (χ4v) is 3.29. The van der Waals surface area contributed by atoms with Gasteiger partial charge in [0, 0.05) is 11.9 Å². The van der Waals surface area contributed by atoms with E-state index in [-0.39, 0.29) is 11.3 Å². The fourth-order valence-electron chi connectivity index (χ4n) is 3.29. The molecule has 1 amide bonds. The quantitative estimate of drug-likeness (QED) is 0.269. The molecule has 0 saturated heterocycles. The molecule has 0 fully saturated rings. The standard InChI is InChI=1S/C25H30N4O4/c1-4-6-14-29-25(31)20-11-9-8-10-19(20)23(28-29)24(30)27-26-17-18-12-13-21(22(16-18)32-3)33-15-7-5-2/h8-13,16-17H,4-7,14-15H2,1-3H3,(H,27,30)/b26-17+. The number of fused-ring (bicyclic) bond motifs is 1. The number of benzene rings is 2. The molecule has 3 rings (SSSR count). The van der Waals surface area contributed by atoms with Gasteiger partial charge in [-0.2, -0.15) is 10.2 Å². The molecular weight excluding hydrogens is 420 g/mol. The monoisotopic (exact) mass is 450 g/mol. The number of unbranched alkanes of at least 4 members (excludes halogenated alkanes) is 2. The van der Waals surface area contributed by atoms with Crippen LogP contribution < -0.4 is 20.5 Å². The van der Waals surface area contributed by atoms with E-state index in [0.717, 1.165) is 31.2 Å². The highest BCUT2D eigenvalue weighted by molar-refractivity contribution is 6.05. The molecule has 0 bridgehead atoms. The summed E-state index contributed by atoms with van der Waals surface area (Å²) in [5, 5.41) is 9.35. The first-order valence-corrected chi connectivity index (χ1v) is 11.2. The van der Waals surface area contributed by atoms with Crippen LogP contribution in [-0.2, 0) is 6.54 Å². The molecule has 8 nitrogen and oxygen atoms in total. The molecule has 0 spiro atoms. The average Bonchev–Trinajstić information content (AvgIpc) is 2.84. The van der Waals surface area contributed by atoms with E-state index in [2.05, 4.69) is 22.5 Å². The van der Waals surface area contributed by atoms with Crippen molar-refractivity contribution in [1.29, 1.82) is 0 Å². The predicted octanol–water partition coefficient (Wildman–Crippen LogP) is 4.15. The number of ether oxygens (including phenoxy) is 2. The molecule has 3 aromatic rings.